The van der Waals surface area contributed by atoms with Crippen molar-refractivity contribution in [2.75, 3.05) is 4.90 Å². The molecule has 0 radical (unpaired) electrons. The minimum absolute atomic E-state index is 1.02. The lowest BCUT2D eigenvalue weighted by molar-refractivity contribution is 0.888. The summed E-state index contributed by atoms with van der Waals surface area (Å²) in [6, 6.07) is 73.6. The van der Waals surface area contributed by atoms with Crippen LogP contribution in [0.5, 0.6) is 0 Å². The molecule has 2 aliphatic rings. The molecule has 3 heterocycles. The Kier molecular flexibility index (Phi) is 10.6. The second-order valence-electron chi connectivity index (χ2n) is 17.1. The summed E-state index contributed by atoms with van der Waals surface area (Å²) in [6.07, 6.45) is 15.9. The lowest BCUT2D eigenvalue weighted by atomic mass is 9.98. The summed E-state index contributed by atoms with van der Waals surface area (Å²) in [4.78, 5) is 7.54. The second kappa shape index (κ2) is 17.5. The molecule has 7 aromatic carbocycles. The van der Waals surface area contributed by atoms with Gasteiger partial charge in [0.25, 0.3) is 0 Å². The summed E-state index contributed by atoms with van der Waals surface area (Å²) >= 11 is 3.71. The Morgan fingerprint density at radius 2 is 0.879 bits per heavy atom. The molecule has 0 unspecified atom stereocenters. The van der Waals surface area contributed by atoms with Crippen LogP contribution < -0.4 is 4.90 Å². The zero-order chi connectivity index (χ0) is 43.8. The average Bonchev–Trinajstić information content (AvgIpc) is 4.17. The highest BCUT2D eigenvalue weighted by Crippen LogP contribution is 2.42. The van der Waals surface area contributed by atoms with Crippen molar-refractivity contribution in [3.8, 4) is 59.3 Å². The number of anilines is 3. The van der Waals surface area contributed by atoms with Gasteiger partial charge in [0.1, 0.15) is 0 Å². The molecular weight excluding hydrogens is 837 g/mol. The Morgan fingerprint density at radius 1 is 0.394 bits per heavy atom. The van der Waals surface area contributed by atoms with E-state index in [1.54, 1.807) is 0 Å². The molecule has 0 N–H and O–H groups in total. The maximum atomic E-state index is 2.48. The fraction of sp³-hybridized carbons (Fsp3) is 0.0645. The molecule has 0 amide bonds. The molecule has 3 aromatic heterocycles. The van der Waals surface area contributed by atoms with E-state index in [-0.39, 0.29) is 0 Å². The van der Waals surface area contributed by atoms with Gasteiger partial charge in [0, 0.05) is 58.9 Å². The molecule has 4 heteroatoms. The maximum absolute atomic E-state index is 2.48. The number of hydrogen-bond donors (Lipinski definition) is 0. The van der Waals surface area contributed by atoms with Gasteiger partial charge in [-0.05, 0) is 155 Å². The number of fused-ring (bicyclic) bond motifs is 3. The van der Waals surface area contributed by atoms with Crippen LogP contribution in [0, 0.1) is 0 Å². The normalized spacial score (nSPS) is 13.2. The molecule has 0 atom stereocenters. The number of aromatic nitrogens is 1. The van der Waals surface area contributed by atoms with Crippen molar-refractivity contribution >= 4 is 62.3 Å². The van der Waals surface area contributed by atoms with E-state index in [1.807, 2.05) is 22.7 Å². The van der Waals surface area contributed by atoms with Crippen molar-refractivity contribution in [2.24, 2.45) is 0 Å². The molecule has 0 saturated heterocycles. The smallest absolute Gasteiger partial charge is 0.0538 e. The summed E-state index contributed by atoms with van der Waals surface area (Å²) in [5.74, 6) is 0. The van der Waals surface area contributed by atoms with E-state index < -0.39 is 0 Å². The summed E-state index contributed by atoms with van der Waals surface area (Å²) in [6.45, 7) is 0. The minimum atomic E-state index is 1.02. The maximum Gasteiger partial charge on any atom is 0.0538 e. The van der Waals surface area contributed by atoms with Gasteiger partial charge in [-0.25, -0.2) is 0 Å². The predicted molar refractivity (Wildman–Crippen MR) is 285 cm³/mol. The van der Waals surface area contributed by atoms with Crippen LogP contribution >= 0.6 is 22.7 Å². The summed E-state index contributed by atoms with van der Waals surface area (Å²) in [7, 11) is 0. The van der Waals surface area contributed by atoms with Gasteiger partial charge in [0.15, 0.2) is 0 Å². The fourth-order valence-electron chi connectivity index (χ4n) is 9.62. The molecule has 0 bridgehead atoms. The number of rotatable bonds is 10. The number of nitrogens with zero attached hydrogens (tertiary/aromatic N) is 2. The van der Waals surface area contributed by atoms with E-state index in [2.05, 4.69) is 240 Å². The van der Waals surface area contributed by atoms with Gasteiger partial charge in [0.2, 0.25) is 0 Å². The van der Waals surface area contributed by atoms with Crippen molar-refractivity contribution in [1.82, 2.24) is 4.57 Å². The molecule has 0 aliphatic heterocycles. The Labute approximate surface area is 395 Å². The quantitative estimate of drug-likeness (QED) is 0.133. The van der Waals surface area contributed by atoms with Crippen molar-refractivity contribution in [3.63, 3.8) is 0 Å². The van der Waals surface area contributed by atoms with Gasteiger partial charge in [-0.2, -0.15) is 0 Å². The van der Waals surface area contributed by atoms with Crippen LogP contribution in [-0.4, -0.2) is 4.57 Å². The van der Waals surface area contributed by atoms with Crippen LogP contribution in [0.4, 0.5) is 17.1 Å². The van der Waals surface area contributed by atoms with Gasteiger partial charge in [-0.3, -0.25) is 0 Å². The molecule has 12 rings (SSSR count). The summed E-state index contributed by atoms with van der Waals surface area (Å²) < 4.78 is 2.48. The van der Waals surface area contributed by atoms with Crippen molar-refractivity contribution in [3.05, 3.63) is 241 Å². The van der Waals surface area contributed by atoms with E-state index >= 15 is 0 Å². The largest absolute Gasteiger partial charge is 0.313 e. The van der Waals surface area contributed by atoms with Crippen LogP contribution in [0.1, 0.15) is 35.4 Å². The first kappa shape index (κ1) is 40.0. The number of hydrogen-bond acceptors (Lipinski definition) is 3. The Morgan fingerprint density at radius 3 is 1.48 bits per heavy atom. The minimum Gasteiger partial charge on any atom is -0.313 e. The lowest BCUT2D eigenvalue weighted by Gasteiger charge is -2.26. The molecule has 2 aliphatic carbocycles. The van der Waals surface area contributed by atoms with Crippen molar-refractivity contribution < 1.29 is 0 Å². The SMILES string of the molecule is C1=CC(c2ccc(-c3ccc(N(c4ccc(-c5ccc6c(c5)c5c(n6-c6ccc(-c7ccccc7)cc6)CCC=C5)cc4)c4ccc(-c5ccc(-c6ccccc6)s5)cc4)cc3)s2)=CCC1. The third-order valence-electron chi connectivity index (χ3n) is 13.0. The van der Waals surface area contributed by atoms with E-state index in [0.717, 1.165) is 42.7 Å². The zero-order valence-corrected chi connectivity index (χ0v) is 38.1. The van der Waals surface area contributed by atoms with E-state index in [0.29, 0.717) is 0 Å². The molecule has 2 nitrogen and oxygen atoms in total. The first-order valence-corrected chi connectivity index (χ1v) is 24.6. The van der Waals surface area contributed by atoms with Crippen molar-refractivity contribution in [2.45, 2.75) is 25.7 Å². The number of allylic oxidation sites excluding steroid dienone is 5. The highest BCUT2D eigenvalue weighted by atomic mass is 32.1. The van der Waals surface area contributed by atoms with Crippen LogP contribution in [0.25, 0.3) is 81.8 Å². The molecule has 0 saturated carbocycles. The Hall–Kier alpha value is -7.50. The molecule has 0 spiro atoms. The number of thiophene rings is 2. The highest BCUT2D eigenvalue weighted by molar-refractivity contribution is 7.18. The monoisotopic (exact) mass is 882 g/mol. The summed E-state index contributed by atoms with van der Waals surface area (Å²) in [5, 5.41) is 1.29. The zero-order valence-electron chi connectivity index (χ0n) is 36.5. The molecule has 66 heavy (non-hydrogen) atoms. The van der Waals surface area contributed by atoms with Crippen molar-refractivity contribution in [1.29, 1.82) is 0 Å². The second-order valence-corrected chi connectivity index (χ2v) is 19.3. The number of benzene rings is 7. The van der Waals surface area contributed by atoms with Gasteiger partial charge < -0.3 is 9.47 Å². The molecule has 0 fully saturated rings. The van der Waals surface area contributed by atoms with Crippen LogP contribution in [0.2, 0.25) is 0 Å². The molecule has 10 aromatic rings. The Bertz CT molecular complexity index is 3420. The third kappa shape index (κ3) is 7.68. The fourth-order valence-corrected chi connectivity index (χ4v) is 11.7. The van der Waals surface area contributed by atoms with E-state index in [1.165, 1.54) is 91.9 Å². The average molecular weight is 883 g/mol. The lowest BCUT2D eigenvalue weighted by Crippen LogP contribution is -2.09. The first-order chi connectivity index (χ1) is 32.7. The van der Waals surface area contributed by atoms with E-state index in [9.17, 15) is 0 Å². The molecule has 316 valence electrons. The van der Waals surface area contributed by atoms with Gasteiger partial charge >= 0.3 is 0 Å². The van der Waals surface area contributed by atoms with Crippen LogP contribution in [-0.2, 0) is 6.42 Å². The third-order valence-corrected chi connectivity index (χ3v) is 15.4. The van der Waals surface area contributed by atoms with Gasteiger partial charge in [-0.1, -0.05) is 146 Å². The van der Waals surface area contributed by atoms with Crippen LogP contribution in [0.3, 0.4) is 0 Å². The van der Waals surface area contributed by atoms with Crippen LogP contribution in [0.15, 0.2) is 224 Å². The Balaban J connectivity index is 0.875. The van der Waals surface area contributed by atoms with Gasteiger partial charge in [-0.15, -0.1) is 22.7 Å². The summed E-state index contributed by atoms with van der Waals surface area (Å²) in [5.41, 5.74) is 18.5. The first-order valence-electron chi connectivity index (χ1n) is 22.9. The predicted octanol–water partition coefficient (Wildman–Crippen LogP) is 18.3. The highest BCUT2D eigenvalue weighted by Gasteiger charge is 2.20. The standard InChI is InChI=1S/C62H46N2S2/c1-4-12-43(13-5-1)44-20-31-54(32-21-44)64-57-19-11-10-18-55(57)56-42-50(28-37-58(56)64)45-22-29-51(30-23-45)63(52-33-24-48(25-34-52)61-40-38-59(65-61)46-14-6-2-7-15-46)53-35-26-49(27-36-53)62-41-39-60(66-62)47-16-8-3-9-17-47/h1-2,4-8,10,12-18,20-42H,3,9,11,19H2. The topological polar surface area (TPSA) is 8.17 Å². The van der Waals surface area contributed by atoms with E-state index in [4.69, 9.17) is 0 Å². The molecular formula is C62H46N2S2. The van der Waals surface area contributed by atoms with Gasteiger partial charge in [0.05, 0.1) is 5.52 Å².